The van der Waals surface area contributed by atoms with E-state index in [-0.39, 0.29) is 29.5 Å². The van der Waals surface area contributed by atoms with Gasteiger partial charge in [0.25, 0.3) is 0 Å². The Balaban J connectivity index is 0.00000106. The molecule has 2 aromatic rings. The first-order valence-corrected chi connectivity index (χ1v) is 6.87. The molecule has 0 radical (unpaired) electrons. The van der Waals surface area contributed by atoms with Crippen LogP contribution in [0.15, 0.2) is 30.3 Å². The summed E-state index contributed by atoms with van der Waals surface area (Å²) >= 11 is 0. The number of halogens is 4. The van der Waals surface area contributed by atoms with Gasteiger partial charge in [-0.05, 0) is 42.5 Å². The molecule has 0 spiro atoms. The van der Waals surface area contributed by atoms with Crippen molar-refractivity contribution in [2.24, 2.45) is 0 Å². The molecule has 0 bridgehead atoms. The molecule has 0 atom stereocenters. The fourth-order valence-electron chi connectivity index (χ4n) is 1.89. The predicted octanol–water partition coefficient (Wildman–Crippen LogP) is 5.36. The summed E-state index contributed by atoms with van der Waals surface area (Å²) in [6.45, 7) is 5.47. The summed E-state index contributed by atoms with van der Waals surface area (Å²) in [6.07, 6.45) is 0.229. The Bertz CT molecular complexity index is 606. The van der Waals surface area contributed by atoms with Crippen LogP contribution in [0.5, 0.6) is 0 Å². The minimum Gasteiger partial charge on any atom is -0.204 e. The molecular formula is C17H18F4. The predicted molar refractivity (Wildman–Crippen MR) is 76.2 cm³/mol. The summed E-state index contributed by atoms with van der Waals surface area (Å²) < 4.78 is 53.4. The Kier molecular flexibility index (Phi) is 6.40. The van der Waals surface area contributed by atoms with Gasteiger partial charge in [-0.1, -0.05) is 38.1 Å². The number of benzene rings is 2. The van der Waals surface area contributed by atoms with Crippen molar-refractivity contribution >= 4 is 0 Å². The van der Waals surface area contributed by atoms with Gasteiger partial charge in [0.1, 0.15) is 0 Å². The van der Waals surface area contributed by atoms with Crippen LogP contribution < -0.4 is 0 Å². The topological polar surface area (TPSA) is 0 Å². The third kappa shape index (κ3) is 4.06. The molecule has 0 fully saturated rings. The van der Waals surface area contributed by atoms with Gasteiger partial charge in [-0.3, -0.25) is 0 Å². The van der Waals surface area contributed by atoms with Gasteiger partial charge in [-0.15, -0.1) is 0 Å². The van der Waals surface area contributed by atoms with Crippen LogP contribution in [0.4, 0.5) is 17.6 Å². The maximum absolute atomic E-state index is 13.6. The van der Waals surface area contributed by atoms with Crippen LogP contribution in [0.3, 0.4) is 0 Å². The van der Waals surface area contributed by atoms with Crippen molar-refractivity contribution in [1.82, 2.24) is 0 Å². The normalized spacial score (nSPS) is 10.0. The van der Waals surface area contributed by atoms with Crippen LogP contribution in [0.1, 0.15) is 30.5 Å². The number of hydrogen-bond acceptors (Lipinski definition) is 0. The molecule has 4 heteroatoms. The molecule has 0 amide bonds. The fraction of sp³-hybridized carbons (Fsp3) is 0.294. The van der Waals surface area contributed by atoms with Crippen LogP contribution in [0.2, 0.25) is 0 Å². The molecule has 0 aliphatic carbocycles. The van der Waals surface area contributed by atoms with E-state index in [9.17, 15) is 17.6 Å². The molecule has 0 heterocycles. The zero-order valence-corrected chi connectivity index (χ0v) is 12.3. The van der Waals surface area contributed by atoms with E-state index in [1.807, 2.05) is 13.8 Å². The third-order valence-corrected chi connectivity index (χ3v) is 3.05. The fourth-order valence-corrected chi connectivity index (χ4v) is 1.89. The molecule has 0 unspecified atom stereocenters. The molecule has 21 heavy (non-hydrogen) atoms. The highest BCUT2D eigenvalue weighted by atomic mass is 19.2. The van der Waals surface area contributed by atoms with E-state index in [0.717, 1.165) is 6.07 Å². The molecule has 114 valence electrons. The first-order valence-electron chi connectivity index (χ1n) is 6.87. The highest BCUT2D eigenvalue weighted by molar-refractivity contribution is 5.27. The van der Waals surface area contributed by atoms with Crippen molar-refractivity contribution in [1.29, 1.82) is 0 Å². The van der Waals surface area contributed by atoms with E-state index in [0.29, 0.717) is 0 Å². The van der Waals surface area contributed by atoms with E-state index in [2.05, 4.69) is 0 Å². The Labute approximate surface area is 122 Å². The van der Waals surface area contributed by atoms with E-state index in [4.69, 9.17) is 0 Å². The zero-order chi connectivity index (χ0) is 16.0. The van der Waals surface area contributed by atoms with Crippen LogP contribution in [0.25, 0.3) is 0 Å². The zero-order valence-electron chi connectivity index (χ0n) is 12.3. The van der Waals surface area contributed by atoms with E-state index >= 15 is 0 Å². The molecule has 0 aliphatic rings. The Hall–Kier alpha value is -1.84. The quantitative estimate of drug-likeness (QED) is 0.669. The smallest absolute Gasteiger partial charge is 0.162 e. The lowest BCUT2D eigenvalue weighted by Crippen LogP contribution is -2.01. The standard InChI is InChI=1S/C15H12F4.C2H6/c1-9-5-6-11(15(19)13(9)17)8-7-10-3-2-4-12(16)14(10)18;1-2/h2-6H,7-8H2,1H3;1-2H3. The van der Waals surface area contributed by atoms with Crippen molar-refractivity contribution in [3.63, 3.8) is 0 Å². The third-order valence-electron chi connectivity index (χ3n) is 3.05. The lowest BCUT2D eigenvalue weighted by molar-refractivity contribution is 0.488. The average Bonchev–Trinajstić information content (AvgIpc) is 2.50. The van der Waals surface area contributed by atoms with Gasteiger partial charge in [-0.25, -0.2) is 17.6 Å². The van der Waals surface area contributed by atoms with E-state index in [1.165, 1.54) is 31.2 Å². The lowest BCUT2D eigenvalue weighted by atomic mass is 10.0. The molecule has 0 aromatic heterocycles. The SMILES string of the molecule is CC.Cc1ccc(CCc2cccc(F)c2F)c(F)c1F. The van der Waals surface area contributed by atoms with Crippen LogP contribution in [0, 0.1) is 30.2 Å². The van der Waals surface area contributed by atoms with Crippen molar-refractivity contribution in [3.8, 4) is 0 Å². The summed E-state index contributed by atoms with van der Waals surface area (Å²) in [7, 11) is 0. The van der Waals surface area contributed by atoms with Crippen LogP contribution in [-0.4, -0.2) is 0 Å². The first-order chi connectivity index (χ1) is 10.0. The van der Waals surface area contributed by atoms with Gasteiger partial charge >= 0.3 is 0 Å². The van der Waals surface area contributed by atoms with Gasteiger partial charge in [0.15, 0.2) is 23.3 Å². The van der Waals surface area contributed by atoms with Crippen molar-refractivity contribution in [2.75, 3.05) is 0 Å². The molecule has 0 saturated heterocycles. The second kappa shape index (κ2) is 7.81. The molecule has 0 nitrogen and oxygen atoms in total. The van der Waals surface area contributed by atoms with E-state index < -0.39 is 23.3 Å². The van der Waals surface area contributed by atoms with Crippen molar-refractivity contribution in [3.05, 3.63) is 70.3 Å². The summed E-state index contributed by atoms with van der Waals surface area (Å²) in [5, 5.41) is 0. The van der Waals surface area contributed by atoms with Gasteiger partial charge in [0.05, 0.1) is 0 Å². The number of aryl methyl sites for hydroxylation is 3. The van der Waals surface area contributed by atoms with Crippen LogP contribution >= 0.6 is 0 Å². The highest BCUT2D eigenvalue weighted by Gasteiger charge is 2.12. The minimum absolute atomic E-state index is 0.114. The highest BCUT2D eigenvalue weighted by Crippen LogP contribution is 2.19. The summed E-state index contributed by atoms with van der Waals surface area (Å²) in [6, 6.07) is 6.77. The second-order valence-corrected chi connectivity index (χ2v) is 4.38. The Morgan fingerprint density at radius 2 is 1.29 bits per heavy atom. The molecular weight excluding hydrogens is 280 g/mol. The molecule has 0 N–H and O–H groups in total. The number of hydrogen-bond donors (Lipinski definition) is 0. The number of rotatable bonds is 3. The largest absolute Gasteiger partial charge is 0.204 e. The van der Waals surface area contributed by atoms with Crippen LogP contribution in [-0.2, 0) is 12.8 Å². The summed E-state index contributed by atoms with van der Waals surface area (Å²) in [4.78, 5) is 0. The molecule has 0 saturated carbocycles. The minimum atomic E-state index is -0.937. The van der Waals surface area contributed by atoms with Crippen molar-refractivity contribution < 1.29 is 17.6 Å². The first kappa shape index (κ1) is 17.2. The second-order valence-electron chi connectivity index (χ2n) is 4.38. The van der Waals surface area contributed by atoms with Gasteiger partial charge in [-0.2, -0.15) is 0 Å². The average molecular weight is 298 g/mol. The van der Waals surface area contributed by atoms with E-state index in [1.54, 1.807) is 0 Å². The maximum Gasteiger partial charge on any atom is 0.162 e. The molecule has 0 aliphatic heterocycles. The summed E-state index contributed by atoms with van der Waals surface area (Å²) in [5.74, 6) is -3.68. The van der Waals surface area contributed by atoms with Crippen molar-refractivity contribution in [2.45, 2.75) is 33.6 Å². The molecule has 2 aromatic carbocycles. The summed E-state index contributed by atoms with van der Waals surface area (Å²) in [5.41, 5.74) is 0.533. The Morgan fingerprint density at radius 1 is 0.714 bits per heavy atom. The molecule has 2 rings (SSSR count). The van der Waals surface area contributed by atoms with Gasteiger partial charge in [0, 0.05) is 0 Å². The lowest BCUT2D eigenvalue weighted by Gasteiger charge is -2.07. The Morgan fingerprint density at radius 3 is 1.90 bits per heavy atom. The monoisotopic (exact) mass is 298 g/mol. The maximum atomic E-state index is 13.6. The van der Waals surface area contributed by atoms with Gasteiger partial charge < -0.3 is 0 Å². The van der Waals surface area contributed by atoms with Gasteiger partial charge in [0.2, 0.25) is 0 Å².